The molecule has 1 aliphatic heterocycles. The second kappa shape index (κ2) is 6.20. The van der Waals surface area contributed by atoms with E-state index in [4.69, 9.17) is 0 Å². The summed E-state index contributed by atoms with van der Waals surface area (Å²) >= 11 is 0. The highest BCUT2D eigenvalue weighted by atomic mass is 16.2. The molecule has 3 nitrogen and oxygen atoms in total. The molecule has 1 aromatic rings. The molecule has 2 N–H and O–H groups in total. The number of piperidine rings is 1. The predicted molar refractivity (Wildman–Crippen MR) is 78.0 cm³/mol. The van der Waals surface area contributed by atoms with Crippen LogP contribution in [0.3, 0.4) is 0 Å². The Labute approximate surface area is 115 Å². The zero-order valence-electron chi connectivity index (χ0n) is 11.9. The highest BCUT2D eigenvalue weighted by molar-refractivity contribution is 5.86. The van der Waals surface area contributed by atoms with E-state index in [-0.39, 0.29) is 17.5 Å². The molecule has 0 bridgehead atoms. The molecule has 3 heteroatoms. The van der Waals surface area contributed by atoms with E-state index in [1.165, 1.54) is 12.0 Å². The summed E-state index contributed by atoms with van der Waals surface area (Å²) in [5.41, 5.74) is 0.875. The van der Waals surface area contributed by atoms with Gasteiger partial charge in [0, 0.05) is 6.04 Å². The summed E-state index contributed by atoms with van der Waals surface area (Å²) in [5.74, 6) is 0.135. The third kappa shape index (κ3) is 3.80. The van der Waals surface area contributed by atoms with Gasteiger partial charge in [0.2, 0.25) is 5.91 Å². The standard InChI is InChI=1S/C16H24N2O/c1-13(12-14-8-4-3-5-9-14)18-15(19)16(2)10-6-7-11-17-16/h3-5,8-9,13,17H,6-7,10-12H2,1-2H3,(H,18,19). The molecule has 19 heavy (non-hydrogen) atoms. The van der Waals surface area contributed by atoms with Gasteiger partial charge in [-0.05, 0) is 51.6 Å². The van der Waals surface area contributed by atoms with Gasteiger partial charge in [0.1, 0.15) is 0 Å². The van der Waals surface area contributed by atoms with Crippen LogP contribution in [0.25, 0.3) is 0 Å². The summed E-state index contributed by atoms with van der Waals surface area (Å²) in [6.07, 6.45) is 4.10. The zero-order valence-corrected chi connectivity index (χ0v) is 11.9. The van der Waals surface area contributed by atoms with Crippen molar-refractivity contribution in [1.82, 2.24) is 10.6 Å². The van der Waals surface area contributed by atoms with Gasteiger partial charge in [-0.1, -0.05) is 30.3 Å². The SMILES string of the molecule is CC(Cc1ccccc1)NC(=O)C1(C)CCCCN1. The first-order valence-corrected chi connectivity index (χ1v) is 7.20. The lowest BCUT2D eigenvalue weighted by atomic mass is 9.89. The van der Waals surface area contributed by atoms with Gasteiger partial charge in [0.25, 0.3) is 0 Å². The number of benzene rings is 1. The van der Waals surface area contributed by atoms with Gasteiger partial charge in [-0.2, -0.15) is 0 Å². The second-order valence-electron chi connectivity index (χ2n) is 5.78. The Bertz CT molecular complexity index is 410. The highest BCUT2D eigenvalue weighted by Crippen LogP contribution is 2.19. The Morgan fingerprint density at radius 3 is 2.74 bits per heavy atom. The fourth-order valence-corrected chi connectivity index (χ4v) is 2.65. The second-order valence-corrected chi connectivity index (χ2v) is 5.78. The molecule has 104 valence electrons. The van der Waals surface area contributed by atoms with Crippen LogP contribution in [-0.4, -0.2) is 24.0 Å². The fraction of sp³-hybridized carbons (Fsp3) is 0.562. The summed E-state index contributed by atoms with van der Waals surface area (Å²) in [7, 11) is 0. The lowest BCUT2D eigenvalue weighted by Crippen LogP contribution is -2.58. The number of hydrogen-bond donors (Lipinski definition) is 2. The predicted octanol–water partition coefficient (Wildman–Crippen LogP) is 2.27. The van der Waals surface area contributed by atoms with Crippen molar-refractivity contribution >= 4 is 5.91 Å². The molecule has 1 aliphatic rings. The maximum Gasteiger partial charge on any atom is 0.240 e. The van der Waals surface area contributed by atoms with E-state index < -0.39 is 0 Å². The summed E-state index contributed by atoms with van der Waals surface area (Å²) in [6, 6.07) is 10.4. The maximum absolute atomic E-state index is 12.3. The fourth-order valence-electron chi connectivity index (χ4n) is 2.65. The molecule has 0 radical (unpaired) electrons. The van der Waals surface area contributed by atoms with E-state index in [9.17, 15) is 4.79 Å². The monoisotopic (exact) mass is 260 g/mol. The number of amides is 1. The highest BCUT2D eigenvalue weighted by Gasteiger charge is 2.34. The molecule has 1 amide bonds. The Balaban J connectivity index is 1.88. The van der Waals surface area contributed by atoms with Crippen molar-refractivity contribution in [3.05, 3.63) is 35.9 Å². The van der Waals surface area contributed by atoms with Crippen molar-refractivity contribution in [2.45, 2.75) is 51.1 Å². The van der Waals surface area contributed by atoms with Gasteiger partial charge in [0.05, 0.1) is 5.54 Å². The minimum Gasteiger partial charge on any atom is -0.352 e. The summed E-state index contributed by atoms with van der Waals surface area (Å²) in [4.78, 5) is 12.3. The average Bonchev–Trinajstić information content (AvgIpc) is 2.40. The van der Waals surface area contributed by atoms with Gasteiger partial charge < -0.3 is 10.6 Å². The molecule has 2 atom stereocenters. The third-order valence-electron chi connectivity index (χ3n) is 3.88. The molecule has 2 unspecified atom stereocenters. The summed E-state index contributed by atoms with van der Waals surface area (Å²) in [5, 5.41) is 6.49. The Kier molecular flexibility index (Phi) is 4.59. The molecule has 1 aromatic carbocycles. The maximum atomic E-state index is 12.3. The lowest BCUT2D eigenvalue weighted by molar-refractivity contribution is -0.128. The molecule has 1 fully saturated rings. The van der Waals surface area contributed by atoms with E-state index in [2.05, 4.69) is 29.7 Å². The zero-order chi connectivity index (χ0) is 13.7. The van der Waals surface area contributed by atoms with Crippen molar-refractivity contribution < 1.29 is 4.79 Å². The van der Waals surface area contributed by atoms with Crippen LogP contribution in [0, 0.1) is 0 Å². The first-order chi connectivity index (χ1) is 9.10. The number of carbonyl (C=O) groups is 1. The van der Waals surface area contributed by atoms with Gasteiger partial charge in [-0.25, -0.2) is 0 Å². The Morgan fingerprint density at radius 2 is 2.11 bits per heavy atom. The van der Waals surface area contributed by atoms with Crippen LogP contribution in [0.15, 0.2) is 30.3 Å². The molecule has 0 spiro atoms. The van der Waals surface area contributed by atoms with E-state index >= 15 is 0 Å². The molecule has 0 aromatic heterocycles. The van der Waals surface area contributed by atoms with Crippen LogP contribution >= 0.6 is 0 Å². The van der Waals surface area contributed by atoms with Gasteiger partial charge in [-0.3, -0.25) is 4.79 Å². The van der Waals surface area contributed by atoms with Crippen LogP contribution in [0.4, 0.5) is 0 Å². The topological polar surface area (TPSA) is 41.1 Å². The summed E-state index contributed by atoms with van der Waals surface area (Å²) in [6.45, 7) is 5.02. The number of rotatable bonds is 4. The first-order valence-electron chi connectivity index (χ1n) is 7.20. The average molecular weight is 260 g/mol. The molecule has 1 saturated heterocycles. The van der Waals surface area contributed by atoms with Crippen LogP contribution in [0.2, 0.25) is 0 Å². The van der Waals surface area contributed by atoms with Gasteiger partial charge in [0.15, 0.2) is 0 Å². The smallest absolute Gasteiger partial charge is 0.240 e. The molecular formula is C16H24N2O. The number of nitrogens with one attached hydrogen (secondary N) is 2. The van der Waals surface area contributed by atoms with Crippen LogP contribution in [0.5, 0.6) is 0 Å². The van der Waals surface area contributed by atoms with E-state index in [0.29, 0.717) is 0 Å². The van der Waals surface area contributed by atoms with Gasteiger partial charge in [-0.15, -0.1) is 0 Å². The quantitative estimate of drug-likeness (QED) is 0.872. The minimum atomic E-state index is -0.386. The Morgan fingerprint density at radius 1 is 1.37 bits per heavy atom. The van der Waals surface area contributed by atoms with E-state index in [1.54, 1.807) is 0 Å². The van der Waals surface area contributed by atoms with E-state index in [1.807, 2.05) is 25.1 Å². The van der Waals surface area contributed by atoms with Crippen molar-refractivity contribution in [2.24, 2.45) is 0 Å². The molecule has 0 saturated carbocycles. The molecule has 2 rings (SSSR count). The van der Waals surface area contributed by atoms with Crippen molar-refractivity contribution in [2.75, 3.05) is 6.54 Å². The first kappa shape index (κ1) is 14.1. The van der Waals surface area contributed by atoms with Crippen LogP contribution in [-0.2, 0) is 11.2 Å². The molecular weight excluding hydrogens is 236 g/mol. The van der Waals surface area contributed by atoms with Crippen molar-refractivity contribution in [3.8, 4) is 0 Å². The summed E-state index contributed by atoms with van der Waals surface area (Å²) < 4.78 is 0. The number of hydrogen-bond acceptors (Lipinski definition) is 2. The van der Waals surface area contributed by atoms with Crippen LogP contribution in [0.1, 0.15) is 38.7 Å². The normalized spacial score (nSPS) is 24.7. The third-order valence-corrected chi connectivity index (χ3v) is 3.88. The number of carbonyl (C=O) groups excluding carboxylic acids is 1. The van der Waals surface area contributed by atoms with E-state index in [0.717, 1.165) is 25.8 Å². The Hall–Kier alpha value is -1.35. The van der Waals surface area contributed by atoms with Gasteiger partial charge >= 0.3 is 0 Å². The minimum absolute atomic E-state index is 0.135. The molecule has 0 aliphatic carbocycles. The van der Waals surface area contributed by atoms with Crippen molar-refractivity contribution in [1.29, 1.82) is 0 Å². The molecule has 1 heterocycles. The largest absolute Gasteiger partial charge is 0.352 e. The van der Waals surface area contributed by atoms with Crippen LogP contribution < -0.4 is 10.6 Å². The lowest BCUT2D eigenvalue weighted by Gasteiger charge is -2.34. The van der Waals surface area contributed by atoms with Crippen molar-refractivity contribution in [3.63, 3.8) is 0 Å².